The van der Waals surface area contributed by atoms with Crippen LogP contribution in [0.5, 0.6) is 0 Å². The van der Waals surface area contributed by atoms with Crippen molar-refractivity contribution in [2.24, 2.45) is 11.8 Å². The Morgan fingerprint density at radius 1 is 1.53 bits per heavy atom. The molecule has 106 valence electrons. The standard InChI is InChI=1S/C16H24O3/c1-5-10(2)16(17)19-15-9-6-12-11(3)14(18-4)8-7-13(12)15/h7-8,10-11,14-15H,5-6,9H2,1-4H3. The largest absolute Gasteiger partial charge is 0.457 e. The Bertz CT molecular complexity index is 408. The lowest BCUT2D eigenvalue weighted by Crippen LogP contribution is -2.25. The van der Waals surface area contributed by atoms with E-state index in [0.717, 1.165) is 19.3 Å². The molecule has 0 saturated heterocycles. The first-order chi connectivity index (χ1) is 9.08. The van der Waals surface area contributed by atoms with Crippen LogP contribution in [0.4, 0.5) is 0 Å². The average Bonchev–Trinajstić information content (AvgIpc) is 2.82. The van der Waals surface area contributed by atoms with Crippen molar-refractivity contribution >= 4 is 5.97 Å². The Morgan fingerprint density at radius 2 is 2.26 bits per heavy atom. The van der Waals surface area contributed by atoms with Crippen molar-refractivity contribution in [3.05, 3.63) is 23.3 Å². The molecule has 0 bridgehead atoms. The van der Waals surface area contributed by atoms with Gasteiger partial charge in [-0.05, 0) is 24.8 Å². The normalized spacial score (nSPS) is 31.3. The molecule has 4 unspecified atom stereocenters. The Kier molecular flexibility index (Phi) is 4.46. The highest BCUT2D eigenvalue weighted by Gasteiger charge is 2.34. The molecule has 2 rings (SSSR count). The van der Waals surface area contributed by atoms with Gasteiger partial charge in [-0.2, -0.15) is 0 Å². The predicted molar refractivity (Wildman–Crippen MR) is 74.7 cm³/mol. The van der Waals surface area contributed by atoms with Gasteiger partial charge in [0.05, 0.1) is 12.0 Å². The molecule has 0 aromatic heterocycles. The summed E-state index contributed by atoms with van der Waals surface area (Å²) in [6.07, 6.45) is 7.03. The van der Waals surface area contributed by atoms with Crippen molar-refractivity contribution in [2.75, 3.05) is 7.11 Å². The van der Waals surface area contributed by atoms with Crippen molar-refractivity contribution in [3.8, 4) is 0 Å². The topological polar surface area (TPSA) is 35.5 Å². The van der Waals surface area contributed by atoms with E-state index in [1.165, 1.54) is 11.1 Å². The summed E-state index contributed by atoms with van der Waals surface area (Å²) < 4.78 is 11.1. The zero-order valence-corrected chi connectivity index (χ0v) is 12.3. The zero-order valence-electron chi connectivity index (χ0n) is 12.3. The lowest BCUT2D eigenvalue weighted by atomic mass is 9.87. The Hall–Kier alpha value is -1.09. The molecule has 0 aliphatic heterocycles. The van der Waals surface area contributed by atoms with Crippen molar-refractivity contribution in [3.63, 3.8) is 0 Å². The van der Waals surface area contributed by atoms with E-state index >= 15 is 0 Å². The third-order valence-electron chi connectivity index (χ3n) is 4.45. The minimum Gasteiger partial charge on any atom is -0.457 e. The maximum absolute atomic E-state index is 11.9. The Labute approximate surface area is 115 Å². The lowest BCUT2D eigenvalue weighted by Gasteiger charge is -2.26. The molecule has 0 radical (unpaired) electrons. The highest BCUT2D eigenvalue weighted by molar-refractivity contribution is 5.72. The van der Waals surface area contributed by atoms with Crippen LogP contribution in [-0.2, 0) is 14.3 Å². The summed E-state index contributed by atoms with van der Waals surface area (Å²) in [5.74, 6) is 0.301. The molecule has 2 aliphatic rings. The summed E-state index contributed by atoms with van der Waals surface area (Å²) in [5, 5.41) is 0. The fourth-order valence-corrected chi connectivity index (χ4v) is 2.89. The van der Waals surface area contributed by atoms with E-state index in [9.17, 15) is 4.79 Å². The second kappa shape index (κ2) is 5.91. The van der Waals surface area contributed by atoms with Crippen LogP contribution in [0.2, 0.25) is 0 Å². The van der Waals surface area contributed by atoms with Gasteiger partial charge in [-0.25, -0.2) is 0 Å². The Morgan fingerprint density at radius 3 is 2.89 bits per heavy atom. The van der Waals surface area contributed by atoms with Gasteiger partial charge < -0.3 is 9.47 Å². The third kappa shape index (κ3) is 2.76. The maximum Gasteiger partial charge on any atom is 0.309 e. The summed E-state index contributed by atoms with van der Waals surface area (Å²) in [5.41, 5.74) is 2.61. The number of ether oxygens (including phenoxy) is 2. The lowest BCUT2D eigenvalue weighted by molar-refractivity contribution is -0.151. The summed E-state index contributed by atoms with van der Waals surface area (Å²) in [4.78, 5) is 11.9. The molecule has 0 saturated carbocycles. The van der Waals surface area contributed by atoms with E-state index in [-0.39, 0.29) is 24.1 Å². The van der Waals surface area contributed by atoms with E-state index in [2.05, 4.69) is 19.1 Å². The first-order valence-electron chi connectivity index (χ1n) is 7.22. The van der Waals surface area contributed by atoms with Crippen LogP contribution < -0.4 is 0 Å². The molecule has 0 aromatic carbocycles. The number of rotatable bonds is 4. The quantitative estimate of drug-likeness (QED) is 0.731. The van der Waals surface area contributed by atoms with E-state index < -0.39 is 0 Å². The van der Waals surface area contributed by atoms with Crippen molar-refractivity contribution in [1.82, 2.24) is 0 Å². The molecular formula is C16H24O3. The summed E-state index contributed by atoms with van der Waals surface area (Å²) in [6, 6.07) is 0. The van der Waals surface area contributed by atoms with Gasteiger partial charge >= 0.3 is 5.97 Å². The van der Waals surface area contributed by atoms with Crippen LogP contribution in [-0.4, -0.2) is 25.3 Å². The van der Waals surface area contributed by atoms with Crippen LogP contribution in [0, 0.1) is 11.8 Å². The maximum atomic E-state index is 11.9. The van der Waals surface area contributed by atoms with E-state index in [4.69, 9.17) is 9.47 Å². The Balaban J connectivity index is 2.07. The van der Waals surface area contributed by atoms with E-state index in [1.54, 1.807) is 7.11 Å². The van der Waals surface area contributed by atoms with Crippen molar-refractivity contribution < 1.29 is 14.3 Å². The molecule has 3 heteroatoms. The number of carbonyl (C=O) groups is 1. The molecule has 19 heavy (non-hydrogen) atoms. The molecule has 0 N–H and O–H groups in total. The second-order valence-electron chi connectivity index (χ2n) is 5.60. The van der Waals surface area contributed by atoms with Crippen LogP contribution >= 0.6 is 0 Å². The number of hydrogen-bond acceptors (Lipinski definition) is 3. The van der Waals surface area contributed by atoms with E-state index in [0.29, 0.717) is 5.92 Å². The molecule has 0 spiro atoms. The van der Waals surface area contributed by atoms with Gasteiger partial charge in [-0.15, -0.1) is 0 Å². The van der Waals surface area contributed by atoms with E-state index in [1.807, 2.05) is 13.8 Å². The third-order valence-corrected chi connectivity index (χ3v) is 4.45. The monoisotopic (exact) mass is 264 g/mol. The highest BCUT2D eigenvalue weighted by Crippen LogP contribution is 2.39. The van der Waals surface area contributed by atoms with Gasteiger partial charge in [0.2, 0.25) is 0 Å². The predicted octanol–water partition coefficient (Wildman–Crippen LogP) is 3.26. The molecule has 0 fully saturated rings. The minimum absolute atomic E-state index is 0.0126. The minimum atomic E-state index is -0.0730. The average molecular weight is 264 g/mol. The molecular weight excluding hydrogens is 240 g/mol. The van der Waals surface area contributed by atoms with Gasteiger partial charge in [-0.3, -0.25) is 4.79 Å². The number of hydrogen-bond donors (Lipinski definition) is 0. The van der Waals surface area contributed by atoms with Crippen LogP contribution in [0.25, 0.3) is 0 Å². The van der Waals surface area contributed by atoms with Crippen LogP contribution in [0.1, 0.15) is 40.0 Å². The summed E-state index contributed by atoms with van der Waals surface area (Å²) >= 11 is 0. The van der Waals surface area contributed by atoms with Gasteiger partial charge in [0, 0.05) is 13.0 Å². The fraction of sp³-hybridized carbons (Fsp3) is 0.688. The molecule has 3 nitrogen and oxygen atoms in total. The number of esters is 1. The van der Waals surface area contributed by atoms with Crippen molar-refractivity contribution in [2.45, 2.75) is 52.2 Å². The smallest absolute Gasteiger partial charge is 0.309 e. The molecule has 0 heterocycles. The number of carbonyl (C=O) groups excluding carboxylic acids is 1. The molecule has 0 amide bonds. The molecule has 2 aliphatic carbocycles. The highest BCUT2D eigenvalue weighted by atomic mass is 16.5. The van der Waals surface area contributed by atoms with Crippen LogP contribution in [0.15, 0.2) is 23.3 Å². The van der Waals surface area contributed by atoms with Crippen LogP contribution in [0.3, 0.4) is 0 Å². The van der Waals surface area contributed by atoms with Gasteiger partial charge in [-0.1, -0.05) is 38.5 Å². The zero-order chi connectivity index (χ0) is 14.0. The summed E-state index contributed by atoms with van der Waals surface area (Å²) in [7, 11) is 1.74. The SMILES string of the molecule is CCC(C)C(=O)OC1CCC2=C1C=CC(OC)C2C. The molecule has 4 atom stereocenters. The first-order valence-corrected chi connectivity index (χ1v) is 7.22. The van der Waals surface area contributed by atoms with Gasteiger partial charge in [0.25, 0.3) is 0 Å². The number of methoxy groups -OCH3 is 1. The first kappa shape index (κ1) is 14.3. The molecule has 0 aromatic rings. The fourth-order valence-electron chi connectivity index (χ4n) is 2.89. The summed E-state index contributed by atoms with van der Waals surface area (Å²) in [6.45, 7) is 6.12. The van der Waals surface area contributed by atoms with Gasteiger partial charge in [0.15, 0.2) is 0 Å². The van der Waals surface area contributed by atoms with Crippen molar-refractivity contribution in [1.29, 1.82) is 0 Å². The van der Waals surface area contributed by atoms with Gasteiger partial charge in [0.1, 0.15) is 6.10 Å². The second-order valence-corrected chi connectivity index (χ2v) is 5.60.